The number of benzene rings is 2. The van der Waals surface area contributed by atoms with Gasteiger partial charge in [0, 0.05) is 10.6 Å². The molecule has 0 saturated heterocycles. The second-order valence-corrected chi connectivity index (χ2v) is 4.85. The number of hydrogen-bond donors (Lipinski definition) is 0. The van der Waals surface area contributed by atoms with Crippen molar-refractivity contribution in [2.45, 2.75) is 13.3 Å². The number of rotatable bonds is 4. The minimum absolute atomic E-state index is 0.100. The first-order valence-electron chi connectivity index (χ1n) is 6.17. The molecule has 2 aromatic carbocycles. The average molecular weight is 271 g/mol. The van der Waals surface area contributed by atoms with E-state index in [4.69, 9.17) is 11.6 Å². The highest BCUT2D eigenvalue weighted by atomic mass is 35.5. The van der Waals surface area contributed by atoms with E-state index in [0.29, 0.717) is 0 Å². The molecule has 2 heteroatoms. The fourth-order valence-corrected chi connectivity index (χ4v) is 1.91. The quantitative estimate of drug-likeness (QED) is 0.730. The zero-order valence-electron chi connectivity index (χ0n) is 10.8. The summed E-state index contributed by atoms with van der Waals surface area (Å²) >= 11 is 5.83. The molecule has 0 N–H and O–H groups in total. The summed E-state index contributed by atoms with van der Waals surface area (Å²) in [6.07, 6.45) is 5.02. The molecule has 0 aliphatic rings. The Labute approximate surface area is 118 Å². The maximum absolute atomic E-state index is 11.2. The molecule has 0 radical (unpaired) electrons. The molecule has 1 nitrogen and oxygen atoms in total. The van der Waals surface area contributed by atoms with E-state index in [9.17, 15) is 4.79 Å². The molecule has 0 saturated carbocycles. The normalized spacial score (nSPS) is 10.8. The van der Waals surface area contributed by atoms with Gasteiger partial charge in [0.05, 0.1) is 0 Å². The van der Waals surface area contributed by atoms with Gasteiger partial charge < -0.3 is 0 Å². The first-order valence-corrected chi connectivity index (χ1v) is 6.55. The molecule has 0 bridgehead atoms. The summed E-state index contributed by atoms with van der Waals surface area (Å²) in [7, 11) is 0. The fraction of sp³-hybridized carbons (Fsp3) is 0.118. The largest absolute Gasteiger partial charge is 0.295 e. The number of ketones is 1. The summed E-state index contributed by atoms with van der Waals surface area (Å²) in [6.45, 7) is 1.58. The van der Waals surface area contributed by atoms with E-state index >= 15 is 0 Å². The Kier molecular flexibility index (Phi) is 4.53. The standard InChI is InChI=1S/C17H15ClO/c1-13(19)16-9-5-14(6-10-16)3-2-4-15-7-11-17(18)12-8-15/h2,4-12H,3H2,1H3/b4-2+. The lowest BCUT2D eigenvalue weighted by Gasteiger charge is -1.99. The lowest BCUT2D eigenvalue weighted by Crippen LogP contribution is -1.91. The molecule has 0 fully saturated rings. The number of Topliss-reactive ketones (excluding diaryl/α,β-unsaturated/α-hetero) is 1. The zero-order chi connectivity index (χ0) is 13.7. The van der Waals surface area contributed by atoms with Crippen LogP contribution in [0.5, 0.6) is 0 Å². The molecule has 19 heavy (non-hydrogen) atoms. The van der Waals surface area contributed by atoms with Crippen molar-refractivity contribution in [3.63, 3.8) is 0 Å². The lowest BCUT2D eigenvalue weighted by molar-refractivity contribution is 0.101. The fourth-order valence-electron chi connectivity index (χ4n) is 1.78. The van der Waals surface area contributed by atoms with Crippen LogP contribution in [-0.4, -0.2) is 5.78 Å². The molecule has 0 heterocycles. The smallest absolute Gasteiger partial charge is 0.159 e. The van der Waals surface area contributed by atoms with Crippen LogP contribution in [0.4, 0.5) is 0 Å². The predicted octanol–water partition coefficient (Wildman–Crippen LogP) is 4.80. The van der Waals surface area contributed by atoms with Gasteiger partial charge in [0.1, 0.15) is 0 Å². The SMILES string of the molecule is CC(=O)c1ccc(C/C=C/c2ccc(Cl)cc2)cc1. The summed E-state index contributed by atoms with van der Waals surface area (Å²) in [5.41, 5.74) is 3.07. The van der Waals surface area contributed by atoms with Crippen LogP contribution in [0.1, 0.15) is 28.4 Å². The number of hydrogen-bond acceptors (Lipinski definition) is 1. The number of carbonyl (C=O) groups excluding carboxylic acids is 1. The van der Waals surface area contributed by atoms with Gasteiger partial charge in [-0.05, 0) is 36.6 Å². The Bertz CT molecular complexity index is 580. The maximum Gasteiger partial charge on any atom is 0.159 e. The van der Waals surface area contributed by atoms with E-state index in [-0.39, 0.29) is 5.78 Å². The van der Waals surface area contributed by atoms with Crippen molar-refractivity contribution in [2.75, 3.05) is 0 Å². The molecule has 0 aromatic heterocycles. The van der Waals surface area contributed by atoms with Gasteiger partial charge in [-0.2, -0.15) is 0 Å². The molecule has 96 valence electrons. The lowest BCUT2D eigenvalue weighted by atomic mass is 10.1. The molecule has 2 rings (SSSR count). The summed E-state index contributed by atoms with van der Waals surface area (Å²) in [6, 6.07) is 15.4. The van der Waals surface area contributed by atoms with Crippen LogP contribution in [0, 0.1) is 0 Å². The Morgan fingerprint density at radius 2 is 1.68 bits per heavy atom. The van der Waals surface area contributed by atoms with E-state index in [1.165, 1.54) is 5.56 Å². The topological polar surface area (TPSA) is 17.1 Å². The highest BCUT2D eigenvalue weighted by Crippen LogP contribution is 2.12. The monoisotopic (exact) mass is 270 g/mol. The van der Waals surface area contributed by atoms with E-state index in [0.717, 1.165) is 22.6 Å². The van der Waals surface area contributed by atoms with Crippen LogP contribution < -0.4 is 0 Å². The van der Waals surface area contributed by atoms with Gasteiger partial charge in [-0.25, -0.2) is 0 Å². The molecule has 0 atom stereocenters. The summed E-state index contributed by atoms with van der Waals surface area (Å²) in [4.78, 5) is 11.2. The van der Waals surface area contributed by atoms with Crippen molar-refractivity contribution in [3.8, 4) is 0 Å². The third kappa shape index (κ3) is 4.08. The molecule has 0 aliphatic carbocycles. The van der Waals surface area contributed by atoms with E-state index < -0.39 is 0 Å². The first kappa shape index (κ1) is 13.6. The van der Waals surface area contributed by atoms with Crippen LogP contribution in [-0.2, 0) is 6.42 Å². The Morgan fingerprint density at radius 1 is 1.05 bits per heavy atom. The van der Waals surface area contributed by atoms with Crippen LogP contribution in [0.15, 0.2) is 54.6 Å². The first-order chi connectivity index (χ1) is 9.15. The molecule has 0 unspecified atom stereocenters. The van der Waals surface area contributed by atoms with E-state index in [1.54, 1.807) is 6.92 Å². The van der Waals surface area contributed by atoms with Crippen LogP contribution in [0.2, 0.25) is 5.02 Å². The Morgan fingerprint density at radius 3 is 2.26 bits per heavy atom. The van der Waals surface area contributed by atoms with Gasteiger partial charge in [-0.3, -0.25) is 4.79 Å². The van der Waals surface area contributed by atoms with Crippen molar-refractivity contribution >= 4 is 23.5 Å². The van der Waals surface area contributed by atoms with Crippen LogP contribution in [0.3, 0.4) is 0 Å². The predicted molar refractivity (Wildman–Crippen MR) is 80.6 cm³/mol. The van der Waals surface area contributed by atoms with Crippen molar-refractivity contribution in [1.29, 1.82) is 0 Å². The number of allylic oxidation sites excluding steroid dienone is 1. The van der Waals surface area contributed by atoms with E-state index in [1.807, 2.05) is 48.5 Å². The van der Waals surface area contributed by atoms with Gasteiger partial charge in [0.15, 0.2) is 5.78 Å². The third-order valence-corrected chi connectivity index (χ3v) is 3.15. The summed E-state index contributed by atoms with van der Waals surface area (Å²) < 4.78 is 0. The summed E-state index contributed by atoms with van der Waals surface area (Å²) in [5.74, 6) is 0.100. The number of carbonyl (C=O) groups is 1. The Balaban J connectivity index is 1.98. The van der Waals surface area contributed by atoms with Crippen molar-refractivity contribution in [1.82, 2.24) is 0 Å². The molecular weight excluding hydrogens is 256 g/mol. The molecule has 2 aromatic rings. The average Bonchev–Trinajstić information content (AvgIpc) is 2.41. The van der Waals surface area contributed by atoms with E-state index in [2.05, 4.69) is 12.2 Å². The van der Waals surface area contributed by atoms with Crippen molar-refractivity contribution in [3.05, 3.63) is 76.3 Å². The van der Waals surface area contributed by atoms with Crippen LogP contribution in [0.25, 0.3) is 6.08 Å². The molecule has 0 amide bonds. The molecule has 0 aliphatic heterocycles. The minimum Gasteiger partial charge on any atom is -0.295 e. The second-order valence-electron chi connectivity index (χ2n) is 4.41. The van der Waals surface area contributed by atoms with Gasteiger partial charge in [-0.1, -0.05) is 60.2 Å². The van der Waals surface area contributed by atoms with Crippen molar-refractivity contribution < 1.29 is 4.79 Å². The Hall–Kier alpha value is -1.86. The van der Waals surface area contributed by atoms with Gasteiger partial charge in [0.25, 0.3) is 0 Å². The van der Waals surface area contributed by atoms with Gasteiger partial charge in [-0.15, -0.1) is 0 Å². The minimum atomic E-state index is 0.100. The third-order valence-electron chi connectivity index (χ3n) is 2.89. The molecular formula is C17H15ClO. The van der Waals surface area contributed by atoms with Crippen LogP contribution >= 0.6 is 11.6 Å². The van der Waals surface area contributed by atoms with Crippen molar-refractivity contribution in [2.24, 2.45) is 0 Å². The second kappa shape index (κ2) is 6.35. The highest BCUT2D eigenvalue weighted by Gasteiger charge is 1.97. The van der Waals surface area contributed by atoms with Gasteiger partial charge in [0.2, 0.25) is 0 Å². The van der Waals surface area contributed by atoms with Gasteiger partial charge >= 0.3 is 0 Å². The number of halogens is 1. The maximum atomic E-state index is 11.2. The zero-order valence-corrected chi connectivity index (χ0v) is 11.5. The molecule has 0 spiro atoms. The summed E-state index contributed by atoms with van der Waals surface area (Å²) in [5, 5.41) is 0.747. The highest BCUT2D eigenvalue weighted by molar-refractivity contribution is 6.30.